The summed E-state index contributed by atoms with van der Waals surface area (Å²) in [6.45, 7) is 8.62. The average Bonchev–Trinajstić information content (AvgIpc) is 3.00. The first-order valence-electron chi connectivity index (χ1n) is 10.2. The van der Waals surface area contributed by atoms with Crippen LogP contribution >= 0.6 is 23.4 Å². The Balaban J connectivity index is 1.45. The van der Waals surface area contributed by atoms with Crippen molar-refractivity contribution in [2.45, 2.75) is 56.9 Å². The van der Waals surface area contributed by atoms with Crippen molar-refractivity contribution >= 4 is 29.2 Å². The monoisotopic (exact) mass is 413 g/mol. The molecule has 1 aromatic carbocycles. The van der Waals surface area contributed by atoms with Gasteiger partial charge in [0.15, 0.2) is 0 Å². The number of benzene rings is 1. The summed E-state index contributed by atoms with van der Waals surface area (Å²) in [5.74, 6) is 1.70. The molecule has 1 aliphatic heterocycles. The lowest BCUT2D eigenvalue weighted by Crippen LogP contribution is -2.44. The maximum absolute atomic E-state index is 6.23. The molecule has 0 bridgehead atoms. The highest BCUT2D eigenvalue weighted by Crippen LogP contribution is 2.50. The van der Waals surface area contributed by atoms with Gasteiger partial charge >= 0.3 is 0 Å². The van der Waals surface area contributed by atoms with E-state index in [2.05, 4.69) is 48.0 Å². The fourth-order valence-corrected chi connectivity index (χ4v) is 5.75. The van der Waals surface area contributed by atoms with Crippen molar-refractivity contribution in [1.29, 1.82) is 0 Å². The molecule has 1 atom stereocenters. The normalized spacial score (nSPS) is 21.6. The fourth-order valence-electron chi connectivity index (χ4n) is 4.86. The molecule has 5 heteroatoms. The minimum Gasteiger partial charge on any atom is -0.355 e. The van der Waals surface area contributed by atoms with Crippen LogP contribution in [-0.4, -0.2) is 23.1 Å². The number of allylic oxidation sites excluding steroid dienone is 2. The SMILES string of the molecule is CC/C(Cl)=C(\C)Sc1cnc(N2CCC3(CC2)c2ccccc2CC3C)cn1. The van der Waals surface area contributed by atoms with Crippen LogP contribution in [0, 0.1) is 5.92 Å². The molecule has 1 aromatic heterocycles. The summed E-state index contributed by atoms with van der Waals surface area (Å²) in [7, 11) is 0. The number of nitrogens with zero attached hydrogens (tertiary/aromatic N) is 3. The van der Waals surface area contributed by atoms with E-state index >= 15 is 0 Å². The van der Waals surface area contributed by atoms with Crippen LogP contribution in [0.25, 0.3) is 0 Å². The minimum atomic E-state index is 0.342. The summed E-state index contributed by atoms with van der Waals surface area (Å²) in [4.78, 5) is 12.8. The maximum atomic E-state index is 6.23. The molecule has 2 aliphatic rings. The molecule has 2 heterocycles. The van der Waals surface area contributed by atoms with Gasteiger partial charge in [0, 0.05) is 28.4 Å². The second-order valence-corrected chi connectivity index (χ2v) is 9.73. The third-order valence-corrected chi connectivity index (χ3v) is 8.20. The predicted molar refractivity (Wildman–Crippen MR) is 119 cm³/mol. The summed E-state index contributed by atoms with van der Waals surface area (Å²) >= 11 is 7.82. The molecule has 0 N–H and O–H groups in total. The van der Waals surface area contributed by atoms with Gasteiger partial charge in [-0.1, -0.05) is 61.5 Å². The average molecular weight is 414 g/mol. The molecular weight excluding hydrogens is 386 g/mol. The standard InChI is InChI=1S/C23H28ClN3S/c1-4-20(24)17(3)28-22-15-25-21(14-26-22)27-11-9-23(10-12-27)16(2)13-18-7-5-6-8-19(18)23/h5-8,14-16H,4,9-13H2,1-3H3/b20-17-. The zero-order valence-electron chi connectivity index (χ0n) is 16.9. The van der Waals surface area contributed by atoms with Crippen molar-refractivity contribution in [3.8, 4) is 0 Å². The van der Waals surface area contributed by atoms with Crippen molar-refractivity contribution in [2.75, 3.05) is 18.0 Å². The molecule has 1 aliphatic carbocycles. The third-order valence-electron chi connectivity index (χ3n) is 6.57. The molecular formula is C23H28ClN3S. The minimum absolute atomic E-state index is 0.342. The molecule has 0 radical (unpaired) electrons. The summed E-state index contributed by atoms with van der Waals surface area (Å²) in [5.41, 5.74) is 3.49. The van der Waals surface area contributed by atoms with Gasteiger partial charge in [0.1, 0.15) is 10.8 Å². The van der Waals surface area contributed by atoms with Crippen LogP contribution in [0.2, 0.25) is 0 Å². The zero-order chi connectivity index (χ0) is 19.7. The Hall–Kier alpha value is -1.52. The molecule has 3 nitrogen and oxygen atoms in total. The highest BCUT2D eigenvalue weighted by atomic mass is 35.5. The van der Waals surface area contributed by atoms with Gasteiger partial charge in [-0.3, -0.25) is 0 Å². The lowest BCUT2D eigenvalue weighted by molar-refractivity contribution is 0.250. The van der Waals surface area contributed by atoms with E-state index in [9.17, 15) is 0 Å². The van der Waals surface area contributed by atoms with Gasteiger partial charge in [0.25, 0.3) is 0 Å². The van der Waals surface area contributed by atoms with E-state index < -0.39 is 0 Å². The van der Waals surface area contributed by atoms with Gasteiger partial charge in [-0.15, -0.1) is 0 Å². The van der Waals surface area contributed by atoms with E-state index in [0.29, 0.717) is 5.41 Å². The summed E-state index contributed by atoms with van der Waals surface area (Å²) < 4.78 is 0. The van der Waals surface area contributed by atoms with Gasteiger partial charge in [0.2, 0.25) is 0 Å². The van der Waals surface area contributed by atoms with Gasteiger partial charge in [-0.2, -0.15) is 0 Å². The second-order valence-electron chi connectivity index (χ2n) is 8.04. The van der Waals surface area contributed by atoms with Crippen LogP contribution in [0.1, 0.15) is 51.2 Å². The fraction of sp³-hybridized carbons (Fsp3) is 0.478. The molecule has 1 saturated heterocycles. The lowest BCUT2D eigenvalue weighted by atomic mass is 9.69. The van der Waals surface area contributed by atoms with E-state index in [0.717, 1.165) is 46.2 Å². The van der Waals surface area contributed by atoms with E-state index in [-0.39, 0.29) is 0 Å². The lowest BCUT2D eigenvalue weighted by Gasteiger charge is -2.43. The van der Waals surface area contributed by atoms with E-state index in [1.165, 1.54) is 19.3 Å². The van der Waals surface area contributed by atoms with Crippen LogP contribution < -0.4 is 4.90 Å². The van der Waals surface area contributed by atoms with Crippen molar-refractivity contribution in [1.82, 2.24) is 9.97 Å². The Morgan fingerprint density at radius 2 is 1.96 bits per heavy atom. The molecule has 148 valence electrons. The molecule has 28 heavy (non-hydrogen) atoms. The van der Waals surface area contributed by atoms with Gasteiger partial charge < -0.3 is 4.90 Å². The highest BCUT2D eigenvalue weighted by molar-refractivity contribution is 8.03. The first-order chi connectivity index (χ1) is 13.5. The number of rotatable bonds is 4. The van der Waals surface area contributed by atoms with Crippen LogP contribution in [0.3, 0.4) is 0 Å². The first-order valence-corrected chi connectivity index (χ1v) is 11.4. The highest BCUT2D eigenvalue weighted by Gasteiger charge is 2.46. The molecule has 0 saturated carbocycles. The Morgan fingerprint density at radius 3 is 2.64 bits per heavy atom. The van der Waals surface area contributed by atoms with Crippen molar-refractivity contribution in [2.24, 2.45) is 5.92 Å². The van der Waals surface area contributed by atoms with E-state index in [1.807, 2.05) is 19.3 Å². The zero-order valence-corrected chi connectivity index (χ0v) is 18.5. The number of piperidine rings is 1. The quantitative estimate of drug-likeness (QED) is 0.559. The third kappa shape index (κ3) is 3.57. The molecule has 1 unspecified atom stereocenters. The van der Waals surface area contributed by atoms with E-state index in [4.69, 9.17) is 16.6 Å². The second kappa shape index (κ2) is 8.08. The molecule has 4 rings (SSSR count). The summed E-state index contributed by atoms with van der Waals surface area (Å²) in [6.07, 6.45) is 8.24. The van der Waals surface area contributed by atoms with Gasteiger partial charge in [-0.05, 0) is 49.7 Å². The number of aromatic nitrogens is 2. The van der Waals surface area contributed by atoms with Crippen molar-refractivity contribution in [3.63, 3.8) is 0 Å². The largest absolute Gasteiger partial charge is 0.355 e. The van der Waals surface area contributed by atoms with Crippen molar-refractivity contribution in [3.05, 3.63) is 57.7 Å². The number of anilines is 1. The van der Waals surface area contributed by atoms with Crippen LogP contribution in [0.15, 0.2) is 51.6 Å². The number of halogens is 1. The number of hydrogen-bond acceptors (Lipinski definition) is 4. The topological polar surface area (TPSA) is 29.0 Å². The summed E-state index contributed by atoms with van der Waals surface area (Å²) in [6, 6.07) is 9.06. The summed E-state index contributed by atoms with van der Waals surface area (Å²) in [5, 5.41) is 1.79. The van der Waals surface area contributed by atoms with E-state index in [1.54, 1.807) is 22.9 Å². The van der Waals surface area contributed by atoms with Crippen LogP contribution in [0.4, 0.5) is 5.82 Å². The predicted octanol–water partition coefficient (Wildman–Crippen LogP) is 6.18. The number of hydrogen-bond donors (Lipinski definition) is 0. The van der Waals surface area contributed by atoms with Crippen LogP contribution in [0.5, 0.6) is 0 Å². The molecule has 2 aromatic rings. The number of fused-ring (bicyclic) bond motifs is 2. The Labute approximate surface area is 177 Å². The Kier molecular flexibility index (Phi) is 5.71. The Bertz CT molecular complexity index is 870. The van der Waals surface area contributed by atoms with Crippen molar-refractivity contribution < 1.29 is 0 Å². The Morgan fingerprint density at radius 1 is 1.21 bits per heavy atom. The first kappa shape index (κ1) is 19.8. The molecule has 0 amide bonds. The molecule has 1 fully saturated rings. The van der Waals surface area contributed by atoms with Gasteiger partial charge in [-0.25, -0.2) is 9.97 Å². The van der Waals surface area contributed by atoms with Crippen LogP contribution in [-0.2, 0) is 11.8 Å². The maximum Gasteiger partial charge on any atom is 0.147 e. The number of thioether (sulfide) groups is 1. The smallest absolute Gasteiger partial charge is 0.147 e. The molecule has 1 spiro atoms. The van der Waals surface area contributed by atoms with Gasteiger partial charge in [0.05, 0.1) is 12.4 Å².